The standard InChI is InChI=1S/C16H21FN2O3/c1-3-22-16(21)19-10-8-12(9-11-19)18(2)15(20)13-6-4-5-7-14(13)17/h4-7,12H,3,8-11H2,1-2H3. The van der Waals surface area contributed by atoms with Gasteiger partial charge < -0.3 is 14.5 Å². The molecule has 1 fully saturated rings. The summed E-state index contributed by atoms with van der Waals surface area (Å²) in [5.74, 6) is -0.837. The molecule has 0 radical (unpaired) electrons. The summed E-state index contributed by atoms with van der Waals surface area (Å²) < 4.78 is 18.7. The number of halogens is 1. The molecule has 1 heterocycles. The van der Waals surface area contributed by atoms with Crippen LogP contribution in [0.4, 0.5) is 9.18 Å². The van der Waals surface area contributed by atoms with Crippen molar-refractivity contribution in [2.75, 3.05) is 26.7 Å². The molecule has 0 atom stereocenters. The summed E-state index contributed by atoms with van der Waals surface area (Å²) >= 11 is 0. The van der Waals surface area contributed by atoms with Crippen molar-refractivity contribution >= 4 is 12.0 Å². The van der Waals surface area contributed by atoms with E-state index in [1.165, 1.54) is 12.1 Å². The third-order valence-electron chi connectivity index (χ3n) is 3.96. The van der Waals surface area contributed by atoms with Gasteiger partial charge in [-0.2, -0.15) is 0 Å². The van der Waals surface area contributed by atoms with E-state index in [1.807, 2.05) is 0 Å². The predicted molar refractivity (Wildman–Crippen MR) is 80.1 cm³/mol. The van der Waals surface area contributed by atoms with E-state index >= 15 is 0 Å². The Morgan fingerprint density at radius 1 is 1.32 bits per heavy atom. The van der Waals surface area contributed by atoms with Crippen LogP contribution in [0, 0.1) is 5.82 Å². The molecule has 1 aromatic rings. The summed E-state index contributed by atoms with van der Waals surface area (Å²) in [4.78, 5) is 27.2. The topological polar surface area (TPSA) is 49.9 Å². The zero-order valence-corrected chi connectivity index (χ0v) is 12.9. The third-order valence-corrected chi connectivity index (χ3v) is 3.96. The Labute approximate surface area is 129 Å². The largest absolute Gasteiger partial charge is 0.450 e. The minimum atomic E-state index is -0.511. The van der Waals surface area contributed by atoms with Crippen molar-refractivity contribution < 1.29 is 18.7 Å². The molecule has 0 spiro atoms. The van der Waals surface area contributed by atoms with E-state index in [0.29, 0.717) is 32.5 Å². The SMILES string of the molecule is CCOC(=O)N1CCC(N(C)C(=O)c2ccccc2F)CC1. The summed E-state index contributed by atoms with van der Waals surface area (Å²) in [7, 11) is 1.68. The van der Waals surface area contributed by atoms with Crippen LogP contribution in [0.3, 0.4) is 0 Å². The second-order valence-corrected chi connectivity index (χ2v) is 5.31. The Bertz CT molecular complexity index is 542. The van der Waals surface area contributed by atoms with Crippen molar-refractivity contribution in [3.63, 3.8) is 0 Å². The number of piperidine rings is 1. The van der Waals surface area contributed by atoms with Gasteiger partial charge in [-0.15, -0.1) is 0 Å². The molecule has 0 aromatic heterocycles. The second kappa shape index (κ2) is 7.24. The van der Waals surface area contributed by atoms with Crippen LogP contribution < -0.4 is 0 Å². The van der Waals surface area contributed by atoms with E-state index < -0.39 is 5.82 Å². The Kier molecular flexibility index (Phi) is 5.35. The van der Waals surface area contributed by atoms with Crippen LogP contribution in [-0.4, -0.2) is 54.6 Å². The minimum Gasteiger partial charge on any atom is -0.450 e. The predicted octanol–water partition coefficient (Wildman–Crippen LogP) is 2.52. The molecule has 5 nitrogen and oxygen atoms in total. The first-order valence-corrected chi connectivity index (χ1v) is 7.48. The molecular weight excluding hydrogens is 287 g/mol. The second-order valence-electron chi connectivity index (χ2n) is 5.31. The third kappa shape index (κ3) is 3.55. The summed E-state index contributed by atoms with van der Waals surface area (Å²) in [6, 6.07) is 5.97. The Morgan fingerprint density at radius 2 is 1.95 bits per heavy atom. The molecule has 0 saturated carbocycles. The maximum absolute atomic E-state index is 13.7. The molecule has 0 N–H and O–H groups in total. The van der Waals surface area contributed by atoms with Crippen LogP contribution in [0.25, 0.3) is 0 Å². The van der Waals surface area contributed by atoms with Gasteiger partial charge in [-0.3, -0.25) is 4.79 Å². The number of amides is 2. The van der Waals surface area contributed by atoms with E-state index in [4.69, 9.17) is 4.74 Å². The minimum absolute atomic E-state index is 0.00205. The lowest BCUT2D eigenvalue weighted by Crippen LogP contribution is -2.47. The maximum atomic E-state index is 13.7. The highest BCUT2D eigenvalue weighted by molar-refractivity contribution is 5.94. The lowest BCUT2D eigenvalue weighted by Gasteiger charge is -2.36. The fourth-order valence-corrected chi connectivity index (χ4v) is 2.64. The van der Waals surface area contributed by atoms with Gasteiger partial charge in [-0.25, -0.2) is 9.18 Å². The molecule has 1 aromatic carbocycles. The molecule has 0 aliphatic carbocycles. The van der Waals surface area contributed by atoms with Gasteiger partial charge in [0.05, 0.1) is 12.2 Å². The molecule has 6 heteroatoms. The molecule has 0 unspecified atom stereocenters. The Hall–Kier alpha value is -2.11. The molecule has 2 rings (SSSR count). The first-order chi connectivity index (χ1) is 10.5. The Morgan fingerprint density at radius 3 is 2.55 bits per heavy atom. The summed E-state index contributed by atoms with van der Waals surface area (Å²) in [5, 5.41) is 0. The van der Waals surface area contributed by atoms with Gasteiger partial charge in [0.1, 0.15) is 5.82 Å². The maximum Gasteiger partial charge on any atom is 0.409 e. The van der Waals surface area contributed by atoms with Gasteiger partial charge in [-0.05, 0) is 31.9 Å². The van der Waals surface area contributed by atoms with Crippen molar-refractivity contribution in [3.8, 4) is 0 Å². The van der Waals surface area contributed by atoms with E-state index in [1.54, 1.807) is 35.9 Å². The molecule has 0 bridgehead atoms. The normalized spacial score (nSPS) is 15.5. The number of hydrogen-bond donors (Lipinski definition) is 0. The fraction of sp³-hybridized carbons (Fsp3) is 0.500. The monoisotopic (exact) mass is 308 g/mol. The van der Waals surface area contributed by atoms with Gasteiger partial charge in [0.2, 0.25) is 0 Å². The van der Waals surface area contributed by atoms with Crippen molar-refractivity contribution in [1.82, 2.24) is 9.80 Å². The zero-order valence-electron chi connectivity index (χ0n) is 12.9. The van der Waals surface area contributed by atoms with Crippen LogP contribution in [-0.2, 0) is 4.74 Å². The lowest BCUT2D eigenvalue weighted by atomic mass is 10.0. The Balaban J connectivity index is 1.95. The van der Waals surface area contributed by atoms with Gasteiger partial charge in [0.25, 0.3) is 5.91 Å². The fourth-order valence-electron chi connectivity index (χ4n) is 2.64. The highest BCUT2D eigenvalue weighted by Gasteiger charge is 2.29. The molecule has 1 saturated heterocycles. The van der Waals surface area contributed by atoms with E-state index in [0.717, 1.165) is 0 Å². The highest BCUT2D eigenvalue weighted by Crippen LogP contribution is 2.19. The molecule has 1 aliphatic rings. The van der Waals surface area contributed by atoms with Crippen LogP contribution >= 0.6 is 0 Å². The van der Waals surface area contributed by atoms with Gasteiger partial charge in [-0.1, -0.05) is 12.1 Å². The number of likely N-dealkylation sites (tertiary alicyclic amines) is 1. The van der Waals surface area contributed by atoms with Crippen LogP contribution in [0.15, 0.2) is 24.3 Å². The number of hydrogen-bond acceptors (Lipinski definition) is 3. The van der Waals surface area contributed by atoms with Gasteiger partial charge in [0.15, 0.2) is 0 Å². The lowest BCUT2D eigenvalue weighted by molar-refractivity contribution is 0.0599. The van der Waals surface area contributed by atoms with E-state index in [9.17, 15) is 14.0 Å². The van der Waals surface area contributed by atoms with E-state index in [2.05, 4.69) is 0 Å². The van der Waals surface area contributed by atoms with Gasteiger partial charge in [0, 0.05) is 26.2 Å². The molecule has 1 aliphatic heterocycles. The molecule has 2 amide bonds. The smallest absolute Gasteiger partial charge is 0.409 e. The number of nitrogens with zero attached hydrogens (tertiary/aromatic N) is 2. The first kappa shape index (κ1) is 16.3. The number of carbonyl (C=O) groups excluding carboxylic acids is 2. The average Bonchev–Trinajstić information content (AvgIpc) is 2.54. The summed E-state index contributed by atoms with van der Waals surface area (Å²) in [6.45, 7) is 3.20. The zero-order chi connectivity index (χ0) is 16.1. The number of ether oxygens (including phenoxy) is 1. The van der Waals surface area contributed by atoms with Crippen molar-refractivity contribution in [1.29, 1.82) is 0 Å². The van der Waals surface area contributed by atoms with Gasteiger partial charge >= 0.3 is 6.09 Å². The van der Waals surface area contributed by atoms with Crippen molar-refractivity contribution in [2.45, 2.75) is 25.8 Å². The van der Waals surface area contributed by atoms with Crippen LogP contribution in [0.5, 0.6) is 0 Å². The average molecular weight is 308 g/mol. The van der Waals surface area contributed by atoms with Crippen molar-refractivity contribution in [2.24, 2.45) is 0 Å². The number of carbonyl (C=O) groups is 2. The van der Waals surface area contributed by atoms with E-state index in [-0.39, 0.29) is 23.6 Å². The van der Waals surface area contributed by atoms with Crippen molar-refractivity contribution in [3.05, 3.63) is 35.6 Å². The quantitative estimate of drug-likeness (QED) is 0.862. The first-order valence-electron chi connectivity index (χ1n) is 7.48. The molecule has 120 valence electrons. The number of rotatable bonds is 3. The molecular formula is C16H21FN2O3. The van der Waals surface area contributed by atoms with Crippen LogP contribution in [0.2, 0.25) is 0 Å². The number of benzene rings is 1. The van der Waals surface area contributed by atoms with Crippen LogP contribution in [0.1, 0.15) is 30.1 Å². The highest BCUT2D eigenvalue weighted by atomic mass is 19.1. The summed E-state index contributed by atoms with van der Waals surface area (Å²) in [5.41, 5.74) is 0.0813. The molecule has 22 heavy (non-hydrogen) atoms. The summed E-state index contributed by atoms with van der Waals surface area (Å²) in [6.07, 6.45) is 1.01.